The number of rotatable bonds is 1. The largest absolute Gasteiger partial charge is 0.506 e. The predicted octanol–water partition coefficient (Wildman–Crippen LogP) is 1.73. The molecule has 0 spiro atoms. The van der Waals surface area contributed by atoms with Crippen molar-refractivity contribution in [1.82, 2.24) is 4.98 Å². The number of aromatic nitrogens is 1. The van der Waals surface area contributed by atoms with Crippen LogP contribution in [-0.4, -0.2) is 23.2 Å². The van der Waals surface area contributed by atoms with Gasteiger partial charge in [0.2, 0.25) is 0 Å². The number of hydrogen-bond acceptors (Lipinski definition) is 4. The molecule has 2 aromatic rings. The van der Waals surface area contributed by atoms with E-state index in [-0.39, 0.29) is 5.75 Å². The number of phenols is 1. The van der Waals surface area contributed by atoms with Crippen molar-refractivity contribution in [1.29, 1.82) is 0 Å². The number of fused-ring (bicyclic) bond motifs is 1. The minimum Gasteiger partial charge on any atom is -0.506 e. The standard InChI is InChI=1S/C11H9NO3/c1-15-11(14)8-5-7-3-2-4-9(13)10(7)12-6-8/h2-6,13H,1H3. The first-order valence-corrected chi connectivity index (χ1v) is 4.38. The van der Waals surface area contributed by atoms with Crippen LogP contribution in [0.1, 0.15) is 10.4 Å². The number of hydrogen-bond donors (Lipinski definition) is 1. The summed E-state index contributed by atoms with van der Waals surface area (Å²) in [5, 5.41) is 10.2. The van der Waals surface area contributed by atoms with Gasteiger partial charge in [-0.1, -0.05) is 12.1 Å². The second-order valence-corrected chi connectivity index (χ2v) is 3.06. The van der Waals surface area contributed by atoms with E-state index in [1.165, 1.54) is 13.3 Å². The van der Waals surface area contributed by atoms with Gasteiger partial charge in [0.1, 0.15) is 11.3 Å². The minimum atomic E-state index is -0.437. The lowest BCUT2D eigenvalue weighted by Gasteiger charge is -2.02. The summed E-state index contributed by atoms with van der Waals surface area (Å²) in [6.07, 6.45) is 1.38. The molecule has 0 unspecified atom stereocenters. The lowest BCUT2D eigenvalue weighted by molar-refractivity contribution is 0.0600. The number of nitrogens with zero attached hydrogens (tertiary/aromatic N) is 1. The average molecular weight is 203 g/mol. The molecule has 0 fully saturated rings. The Balaban J connectivity index is 2.62. The van der Waals surface area contributed by atoms with E-state index >= 15 is 0 Å². The molecule has 1 N–H and O–H groups in total. The summed E-state index contributed by atoms with van der Waals surface area (Å²) in [6.45, 7) is 0. The van der Waals surface area contributed by atoms with Gasteiger partial charge in [-0.25, -0.2) is 4.79 Å². The molecule has 76 valence electrons. The van der Waals surface area contributed by atoms with Gasteiger partial charge in [0.05, 0.1) is 12.7 Å². The third kappa shape index (κ3) is 1.61. The van der Waals surface area contributed by atoms with Gasteiger partial charge in [-0.3, -0.25) is 4.98 Å². The Kier molecular flexibility index (Phi) is 2.25. The number of benzene rings is 1. The van der Waals surface area contributed by atoms with Gasteiger partial charge in [0, 0.05) is 11.6 Å². The highest BCUT2D eigenvalue weighted by atomic mass is 16.5. The highest BCUT2D eigenvalue weighted by molar-refractivity contribution is 5.94. The summed E-state index contributed by atoms with van der Waals surface area (Å²) < 4.78 is 4.57. The van der Waals surface area contributed by atoms with E-state index in [4.69, 9.17) is 0 Å². The molecule has 2 rings (SSSR count). The first-order valence-electron chi connectivity index (χ1n) is 4.38. The number of methoxy groups -OCH3 is 1. The van der Waals surface area contributed by atoms with Crippen LogP contribution >= 0.6 is 0 Å². The molecule has 0 bridgehead atoms. The van der Waals surface area contributed by atoms with Gasteiger partial charge in [0.15, 0.2) is 0 Å². The van der Waals surface area contributed by atoms with Crippen molar-refractivity contribution < 1.29 is 14.6 Å². The predicted molar refractivity (Wildman–Crippen MR) is 54.7 cm³/mol. The molecular weight excluding hydrogens is 194 g/mol. The SMILES string of the molecule is COC(=O)c1cnc2c(O)cccc2c1. The number of pyridine rings is 1. The highest BCUT2D eigenvalue weighted by Gasteiger charge is 2.08. The van der Waals surface area contributed by atoms with Crippen molar-refractivity contribution in [2.75, 3.05) is 7.11 Å². The van der Waals surface area contributed by atoms with E-state index in [1.807, 2.05) is 0 Å². The fourth-order valence-corrected chi connectivity index (χ4v) is 1.37. The summed E-state index contributed by atoms with van der Waals surface area (Å²) in [5.74, 6) is -0.336. The second kappa shape index (κ2) is 3.57. The molecule has 0 aliphatic heterocycles. The van der Waals surface area contributed by atoms with Crippen LogP contribution in [0.25, 0.3) is 10.9 Å². The molecule has 1 aromatic carbocycles. The van der Waals surface area contributed by atoms with Crippen LogP contribution in [0.15, 0.2) is 30.5 Å². The van der Waals surface area contributed by atoms with Gasteiger partial charge >= 0.3 is 5.97 Å². The lowest BCUT2D eigenvalue weighted by atomic mass is 10.1. The van der Waals surface area contributed by atoms with Crippen LogP contribution in [0.5, 0.6) is 5.75 Å². The van der Waals surface area contributed by atoms with E-state index in [0.717, 1.165) is 0 Å². The van der Waals surface area contributed by atoms with Gasteiger partial charge < -0.3 is 9.84 Å². The van der Waals surface area contributed by atoms with Crippen LogP contribution in [0, 0.1) is 0 Å². The van der Waals surface area contributed by atoms with Crippen molar-refractivity contribution >= 4 is 16.9 Å². The van der Waals surface area contributed by atoms with Crippen molar-refractivity contribution in [3.05, 3.63) is 36.0 Å². The van der Waals surface area contributed by atoms with E-state index in [2.05, 4.69) is 9.72 Å². The number of esters is 1. The van der Waals surface area contributed by atoms with Crippen molar-refractivity contribution in [3.8, 4) is 5.75 Å². The van der Waals surface area contributed by atoms with E-state index < -0.39 is 5.97 Å². The first-order chi connectivity index (χ1) is 7.22. The number of ether oxygens (including phenoxy) is 1. The summed E-state index contributed by atoms with van der Waals surface area (Å²) >= 11 is 0. The monoisotopic (exact) mass is 203 g/mol. The molecule has 1 heterocycles. The number of carbonyl (C=O) groups is 1. The molecule has 0 aliphatic carbocycles. The maximum absolute atomic E-state index is 11.2. The van der Waals surface area contributed by atoms with Crippen molar-refractivity contribution in [2.45, 2.75) is 0 Å². The maximum Gasteiger partial charge on any atom is 0.339 e. The average Bonchev–Trinajstić information content (AvgIpc) is 2.28. The third-order valence-electron chi connectivity index (χ3n) is 2.11. The Bertz CT molecular complexity index is 522. The van der Waals surface area contributed by atoms with Crippen molar-refractivity contribution in [2.24, 2.45) is 0 Å². The highest BCUT2D eigenvalue weighted by Crippen LogP contribution is 2.22. The zero-order valence-corrected chi connectivity index (χ0v) is 8.10. The zero-order chi connectivity index (χ0) is 10.8. The Morgan fingerprint density at radius 1 is 1.47 bits per heavy atom. The molecule has 0 amide bonds. The Labute approximate surface area is 86.1 Å². The topological polar surface area (TPSA) is 59.4 Å². The van der Waals surface area contributed by atoms with E-state index in [9.17, 15) is 9.90 Å². The molecule has 4 heteroatoms. The second-order valence-electron chi connectivity index (χ2n) is 3.06. The molecule has 0 saturated heterocycles. The Morgan fingerprint density at radius 3 is 3.00 bits per heavy atom. The Morgan fingerprint density at radius 2 is 2.27 bits per heavy atom. The van der Waals surface area contributed by atoms with E-state index in [0.29, 0.717) is 16.5 Å². The number of carbonyl (C=O) groups excluding carboxylic acids is 1. The summed E-state index contributed by atoms with van der Waals surface area (Å²) in [5.41, 5.74) is 0.848. The summed E-state index contributed by atoms with van der Waals surface area (Å²) in [4.78, 5) is 15.2. The fourth-order valence-electron chi connectivity index (χ4n) is 1.37. The molecule has 1 aromatic heterocycles. The molecular formula is C11H9NO3. The molecule has 0 aliphatic rings. The van der Waals surface area contributed by atoms with Crippen LogP contribution in [0.3, 0.4) is 0 Å². The molecule has 0 atom stereocenters. The fraction of sp³-hybridized carbons (Fsp3) is 0.0909. The third-order valence-corrected chi connectivity index (χ3v) is 2.11. The van der Waals surface area contributed by atoms with Gasteiger partial charge in [-0.2, -0.15) is 0 Å². The van der Waals surface area contributed by atoms with Gasteiger partial charge in [-0.05, 0) is 12.1 Å². The van der Waals surface area contributed by atoms with Crippen LogP contribution < -0.4 is 0 Å². The lowest BCUT2D eigenvalue weighted by Crippen LogP contribution is -2.01. The van der Waals surface area contributed by atoms with Gasteiger partial charge in [-0.15, -0.1) is 0 Å². The quantitative estimate of drug-likeness (QED) is 0.717. The maximum atomic E-state index is 11.2. The van der Waals surface area contributed by atoms with Crippen LogP contribution in [0.2, 0.25) is 0 Å². The minimum absolute atomic E-state index is 0.101. The van der Waals surface area contributed by atoms with Crippen LogP contribution in [-0.2, 0) is 4.74 Å². The smallest absolute Gasteiger partial charge is 0.339 e. The number of para-hydroxylation sites is 1. The van der Waals surface area contributed by atoms with Gasteiger partial charge in [0.25, 0.3) is 0 Å². The summed E-state index contributed by atoms with van der Waals surface area (Å²) in [6, 6.07) is 6.65. The molecule has 0 saturated carbocycles. The molecule has 15 heavy (non-hydrogen) atoms. The van der Waals surface area contributed by atoms with Crippen LogP contribution in [0.4, 0.5) is 0 Å². The van der Waals surface area contributed by atoms with Crippen molar-refractivity contribution in [3.63, 3.8) is 0 Å². The molecule has 0 radical (unpaired) electrons. The first kappa shape index (κ1) is 9.45. The number of aromatic hydroxyl groups is 1. The molecule has 4 nitrogen and oxygen atoms in total. The number of phenolic OH excluding ortho intramolecular Hbond substituents is 1. The normalized spacial score (nSPS) is 10.2. The van der Waals surface area contributed by atoms with E-state index in [1.54, 1.807) is 24.3 Å². The Hall–Kier alpha value is -2.10. The summed E-state index contributed by atoms with van der Waals surface area (Å²) in [7, 11) is 1.31. The zero-order valence-electron chi connectivity index (χ0n) is 8.10.